The fourth-order valence-electron chi connectivity index (χ4n) is 2.70. The Kier molecular flexibility index (Phi) is 4.20. The van der Waals surface area contributed by atoms with Crippen LogP contribution in [0.4, 0.5) is 11.4 Å². The highest BCUT2D eigenvalue weighted by Crippen LogP contribution is 2.38. The second-order valence-electron chi connectivity index (χ2n) is 5.85. The van der Waals surface area contributed by atoms with E-state index in [-0.39, 0.29) is 16.0 Å². The van der Waals surface area contributed by atoms with Crippen molar-refractivity contribution in [2.24, 2.45) is 10.6 Å². The van der Waals surface area contributed by atoms with Crippen molar-refractivity contribution in [3.63, 3.8) is 0 Å². The first-order valence-electron chi connectivity index (χ1n) is 6.76. The van der Waals surface area contributed by atoms with Gasteiger partial charge in [-0.25, -0.2) is 13.6 Å². The number of rotatable bonds is 5. The van der Waals surface area contributed by atoms with Crippen LogP contribution in [0.1, 0.15) is 32.6 Å². The van der Waals surface area contributed by atoms with E-state index in [0.29, 0.717) is 12.2 Å². The summed E-state index contributed by atoms with van der Waals surface area (Å²) in [5.74, 6) is 0. The minimum atomic E-state index is -3.95. The van der Waals surface area contributed by atoms with Crippen molar-refractivity contribution >= 4 is 21.4 Å². The maximum absolute atomic E-state index is 11.3. The van der Waals surface area contributed by atoms with Crippen LogP contribution in [0.15, 0.2) is 23.1 Å². The maximum Gasteiger partial charge on any atom is 0.293 e. The molecule has 1 aromatic carbocycles. The van der Waals surface area contributed by atoms with E-state index in [1.165, 1.54) is 25.0 Å². The molecule has 1 aliphatic carbocycles. The van der Waals surface area contributed by atoms with E-state index in [2.05, 4.69) is 12.2 Å². The van der Waals surface area contributed by atoms with Crippen LogP contribution in [-0.2, 0) is 10.0 Å². The molecule has 0 aliphatic heterocycles. The first-order valence-corrected chi connectivity index (χ1v) is 8.31. The second-order valence-corrected chi connectivity index (χ2v) is 7.41. The molecule has 1 saturated carbocycles. The van der Waals surface area contributed by atoms with Crippen molar-refractivity contribution in [1.29, 1.82) is 0 Å². The Bertz CT molecular complexity index is 651. The van der Waals surface area contributed by atoms with Gasteiger partial charge in [0.2, 0.25) is 10.0 Å². The Balaban J connectivity index is 2.25. The highest BCUT2D eigenvalue weighted by atomic mass is 32.2. The highest BCUT2D eigenvalue weighted by Gasteiger charge is 2.29. The highest BCUT2D eigenvalue weighted by molar-refractivity contribution is 7.89. The second kappa shape index (κ2) is 5.61. The van der Waals surface area contributed by atoms with Crippen LogP contribution in [-0.4, -0.2) is 19.9 Å². The number of anilines is 1. The third-order valence-electron chi connectivity index (χ3n) is 4.01. The topological polar surface area (TPSA) is 115 Å². The predicted molar refractivity (Wildman–Crippen MR) is 79.5 cm³/mol. The zero-order valence-electron chi connectivity index (χ0n) is 11.8. The molecule has 0 aromatic heterocycles. The van der Waals surface area contributed by atoms with Gasteiger partial charge in [-0.2, -0.15) is 0 Å². The van der Waals surface area contributed by atoms with Crippen molar-refractivity contribution in [3.05, 3.63) is 28.3 Å². The average molecular weight is 313 g/mol. The van der Waals surface area contributed by atoms with Gasteiger partial charge in [0, 0.05) is 12.6 Å². The molecule has 1 aromatic rings. The van der Waals surface area contributed by atoms with Crippen LogP contribution in [0, 0.1) is 15.5 Å². The first kappa shape index (κ1) is 15.7. The Morgan fingerprint density at radius 2 is 2.00 bits per heavy atom. The fraction of sp³-hybridized carbons (Fsp3) is 0.538. The molecule has 8 heteroatoms. The average Bonchev–Trinajstić information content (AvgIpc) is 2.82. The molecular weight excluding hydrogens is 294 g/mol. The summed E-state index contributed by atoms with van der Waals surface area (Å²) >= 11 is 0. The van der Waals surface area contributed by atoms with Gasteiger partial charge >= 0.3 is 0 Å². The molecule has 116 valence electrons. The summed E-state index contributed by atoms with van der Waals surface area (Å²) in [4.78, 5) is 10.2. The number of primary sulfonamides is 1. The molecular formula is C13H19N3O4S. The molecule has 1 aliphatic rings. The Morgan fingerprint density at radius 3 is 2.52 bits per heavy atom. The molecule has 1 fully saturated rings. The van der Waals surface area contributed by atoms with Crippen molar-refractivity contribution in [3.8, 4) is 0 Å². The molecule has 7 nitrogen and oxygen atoms in total. The quantitative estimate of drug-likeness (QED) is 0.639. The number of nitro benzene ring substituents is 1. The zero-order chi connectivity index (χ0) is 15.7. The van der Waals surface area contributed by atoms with E-state index < -0.39 is 14.9 Å². The SMILES string of the molecule is CC1(CNc2ccc(S(N)(=O)=O)cc2[N+](=O)[O-])CCCC1. The van der Waals surface area contributed by atoms with Gasteiger partial charge in [0.25, 0.3) is 5.69 Å². The van der Waals surface area contributed by atoms with Gasteiger partial charge in [-0.15, -0.1) is 0 Å². The van der Waals surface area contributed by atoms with E-state index in [9.17, 15) is 18.5 Å². The van der Waals surface area contributed by atoms with Gasteiger partial charge in [0.1, 0.15) is 5.69 Å². The van der Waals surface area contributed by atoms with E-state index in [0.717, 1.165) is 18.9 Å². The van der Waals surface area contributed by atoms with E-state index in [4.69, 9.17) is 5.14 Å². The maximum atomic E-state index is 11.3. The number of hydrogen-bond donors (Lipinski definition) is 2. The lowest BCUT2D eigenvalue weighted by Gasteiger charge is -2.24. The lowest BCUT2D eigenvalue weighted by molar-refractivity contribution is -0.384. The molecule has 0 saturated heterocycles. The molecule has 0 spiro atoms. The lowest BCUT2D eigenvalue weighted by Crippen LogP contribution is -2.23. The number of benzene rings is 1. The molecule has 21 heavy (non-hydrogen) atoms. The molecule has 0 unspecified atom stereocenters. The summed E-state index contributed by atoms with van der Waals surface area (Å²) in [7, 11) is -3.95. The largest absolute Gasteiger partial charge is 0.379 e. The van der Waals surface area contributed by atoms with Gasteiger partial charge in [0.15, 0.2) is 0 Å². The molecule has 3 N–H and O–H groups in total. The van der Waals surface area contributed by atoms with Crippen LogP contribution in [0.25, 0.3) is 0 Å². The van der Waals surface area contributed by atoms with Gasteiger partial charge in [-0.1, -0.05) is 19.8 Å². The smallest absolute Gasteiger partial charge is 0.293 e. The molecule has 0 heterocycles. The van der Waals surface area contributed by atoms with Crippen molar-refractivity contribution < 1.29 is 13.3 Å². The summed E-state index contributed by atoms with van der Waals surface area (Å²) in [6.45, 7) is 2.78. The Labute approximate surface area is 123 Å². The third-order valence-corrected chi connectivity index (χ3v) is 4.92. The van der Waals surface area contributed by atoms with Gasteiger partial charge in [-0.05, 0) is 30.4 Å². The zero-order valence-corrected chi connectivity index (χ0v) is 12.6. The number of hydrogen-bond acceptors (Lipinski definition) is 5. The molecule has 0 atom stereocenters. The van der Waals surface area contributed by atoms with Crippen LogP contribution < -0.4 is 10.5 Å². The fourth-order valence-corrected chi connectivity index (χ4v) is 3.24. The Morgan fingerprint density at radius 1 is 1.38 bits per heavy atom. The van der Waals surface area contributed by atoms with Crippen molar-refractivity contribution in [1.82, 2.24) is 0 Å². The number of sulfonamides is 1. The number of nitrogens with one attached hydrogen (secondary N) is 1. The van der Waals surface area contributed by atoms with Gasteiger partial charge in [-0.3, -0.25) is 10.1 Å². The monoisotopic (exact) mass is 313 g/mol. The van der Waals surface area contributed by atoms with Crippen LogP contribution in [0.2, 0.25) is 0 Å². The number of nitrogens with two attached hydrogens (primary N) is 1. The minimum Gasteiger partial charge on any atom is -0.379 e. The number of nitro groups is 1. The predicted octanol–water partition coefficient (Wildman–Crippen LogP) is 2.23. The van der Waals surface area contributed by atoms with Gasteiger partial charge in [0.05, 0.1) is 9.82 Å². The van der Waals surface area contributed by atoms with Gasteiger partial charge < -0.3 is 5.32 Å². The first-order chi connectivity index (χ1) is 9.71. The van der Waals surface area contributed by atoms with E-state index in [1.54, 1.807) is 0 Å². The van der Waals surface area contributed by atoms with Crippen LogP contribution in [0.3, 0.4) is 0 Å². The summed E-state index contributed by atoms with van der Waals surface area (Å²) in [5.41, 5.74) is 0.176. The summed E-state index contributed by atoms with van der Waals surface area (Å²) in [6.07, 6.45) is 4.52. The summed E-state index contributed by atoms with van der Waals surface area (Å²) in [6, 6.07) is 3.67. The van der Waals surface area contributed by atoms with Crippen molar-refractivity contribution in [2.75, 3.05) is 11.9 Å². The summed E-state index contributed by atoms with van der Waals surface area (Å²) in [5, 5.41) is 19.2. The minimum absolute atomic E-state index is 0.131. The Hall–Kier alpha value is -1.67. The van der Waals surface area contributed by atoms with Crippen LogP contribution in [0.5, 0.6) is 0 Å². The molecule has 0 amide bonds. The van der Waals surface area contributed by atoms with Crippen LogP contribution >= 0.6 is 0 Å². The van der Waals surface area contributed by atoms with E-state index >= 15 is 0 Å². The molecule has 0 radical (unpaired) electrons. The number of nitrogens with zero attached hydrogens (tertiary/aromatic N) is 1. The van der Waals surface area contributed by atoms with Crippen molar-refractivity contribution in [2.45, 2.75) is 37.5 Å². The van der Waals surface area contributed by atoms with E-state index in [1.807, 2.05) is 0 Å². The normalized spacial score (nSPS) is 17.6. The summed E-state index contributed by atoms with van der Waals surface area (Å²) < 4.78 is 22.5. The third kappa shape index (κ3) is 3.70. The lowest BCUT2D eigenvalue weighted by atomic mass is 9.89. The molecule has 2 rings (SSSR count). The molecule has 0 bridgehead atoms. The standard InChI is InChI=1S/C13H19N3O4S/c1-13(6-2-3-7-13)9-15-11-5-4-10(21(14,19)20)8-12(11)16(17)18/h4-5,8,15H,2-3,6-7,9H2,1H3,(H2,14,19,20).